The Labute approximate surface area is 164 Å². The van der Waals surface area contributed by atoms with Crippen LogP contribution in [0.5, 0.6) is 0 Å². The molecule has 28 heavy (non-hydrogen) atoms. The number of hydrogen-bond acceptors (Lipinski definition) is 5. The lowest BCUT2D eigenvalue weighted by Crippen LogP contribution is -2.05. The summed E-state index contributed by atoms with van der Waals surface area (Å²) in [6.45, 7) is 0. The first kappa shape index (κ1) is 18.6. The van der Waals surface area contributed by atoms with Crippen LogP contribution in [0.25, 0.3) is 5.69 Å². The molecule has 0 radical (unpaired) electrons. The number of para-hydroxylation sites is 1. The molecule has 0 amide bonds. The third-order valence-corrected chi connectivity index (χ3v) is 5.66. The number of thiophene rings is 1. The molecule has 4 rings (SSSR count). The highest BCUT2D eigenvalue weighted by Gasteiger charge is 2.25. The third kappa shape index (κ3) is 3.52. The Balaban J connectivity index is 1.81. The van der Waals surface area contributed by atoms with Gasteiger partial charge in [0.1, 0.15) is 5.82 Å². The van der Waals surface area contributed by atoms with Crippen molar-refractivity contribution in [2.24, 2.45) is 0 Å². The lowest BCUT2D eigenvalue weighted by atomic mass is 10.3. The van der Waals surface area contributed by atoms with Crippen LogP contribution in [0.4, 0.5) is 17.6 Å². The fourth-order valence-electron chi connectivity index (χ4n) is 2.54. The van der Waals surface area contributed by atoms with E-state index in [4.69, 9.17) is 0 Å². The lowest BCUT2D eigenvalue weighted by molar-refractivity contribution is 0.383. The smallest absolute Gasteiger partial charge is 0.252 e. The van der Waals surface area contributed by atoms with Crippen LogP contribution < -0.4 is 0 Å². The minimum absolute atomic E-state index is 0.0700. The van der Waals surface area contributed by atoms with Gasteiger partial charge in [0.05, 0.1) is 4.90 Å². The Bertz CT molecular complexity index is 1090. The van der Waals surface area contributed by atoms with Gasteiger partial charge < -0.3 is 0 Å². The molecule has 0 aliphatic carbocycles. The number of halogens is 4. The van der Waals surface area contributed by atoms with Gasteiger partial charge in [-0.1, -0.05) is 24.3 Å². The van der Waals surface area contributed by atoms with Crippen molar-refractivity contribution in [3.63, 3.8) is 0 Å². The van der Waals surface area contributed by atoms with Gasteiger partial charge in [0.15, 0.2) is 11.6 Å². The molecule has 3 heterocycles. The monoisotopic (exact) mass is 422 g/mol. The van der Waals surface area contributed by atoms with E-state index in [9.17, 15) is 17.6 Å². The van der Waals surface area contributed by atoms with Crippen LogP contribution in [0.2, 0.25) is 0 Å². The molecule has 10 heteroatoms. The van der Waals surface area contributed by atoms with E-state index in [2.05, 4.69) is 15.2 Å². The van der Waals surface area contributed by atoms with Crippen LogP contribution in [-0.4, -0.2) is 19.7 Å². The van der Waals surface area contributed by atoms with Gasteiger partial charge in [-0.05, 0) is 35.3 Å². The maximum absolute atomic E-state index is 14.1. The fraction of sp³-hybridized carbons (Fsp3) is 0.0556. The second kappa shape index (κ2) is 7.72. The Hall–Kier alpha value is -2.72. The van der Waals surface area contributed by atoms with E-state index >= 15 is 0 Å². The van der Waals surface area contributed by atoms with E-state index in [0.29, 0.717) is 29.7 Å². The van der Waals surface area contributed by atoms with Crippen molar-refractivity contribution in [3.05, 3.63) is 82.1 Å². The van der Waals surface area contributed by atoms with Gasteiger partial charge in [-0.3, -0.25) is 4.57 Å². The van der Waals surface area contributed by atoms with Crippen LogP contribution in [0.15, 0.2) is 57.9 Å². The first-order valence-electron chi connectivity index (χ1n) is 7.94. The summed E-state index contributed by atoms with van der Waals surface area (Å²) in [5, 5.41) is 10.1. The average molecular weight is 422 g/mol. The first-order valence-corrected chi connectivity index (χ1v) is 9.64. The fourth-order valence-corrected chi connectivity index (χ4v) is 4.15. The molecule has 0 atom stereocenters. The second-order valence-electron chi connectivity index (χ2n) is 5.58. The summed E-state index contributed by atoms with van der Waals surface area (Å²) < 4.78 is 56.6. The van der Waals surface area contributed by atoms with Crippen molar-refractivity contribution in [1.82, 2.24) is 19.7 Å². The van der Waals surface area contributed by atoms with E-state index in [0.717, 1.165) is 4.88 Å². The van der Waals surface area contributed by atoms with E-state index in [1.54, 1.807) is 28.8 Å². The minimum atomic E-state index is -1.72. The molecule has 0 unspecified atom stereocenters. The summed E-state index contributed by atoms with van der Waals surface area (Å²) in [7, 11) is 0. The average Bonchev–Trinajstić information content (AvgIpc) is 3.35. The highest BCUT2D eigenvalue weighted by Crippen LogP contribution is 2.34. The van der Waals surface area contributed by atoms with Crippen LogP contribution >= 0.6 is 23.1 Å². The molecule has 142 valence electrons. The van der Waals surface area contributed by atoms with E-state index in [1.165, 1.54) is 11.3 Å². The molecule has 4 nitrogen and oxygen atoms in total. The second-order valence-corrected chi connectivity index (χ2v) is 7.59. The van der Waals surface area contributed by atoms with E-state index < -0.39 is 28.4 Å². The molecule has 0 spiro atoms. The molecule has 0 N–H and O–H groups in total. The van der Waals surface area contributed by atoms with Crippen molar-refractivity contribution in [3.8, 4) is 5.69 Å². The molecule has 0 saturated carbocycles. The van der Waals surface area contributed by atoms with E-state index in [1.807, 2.05) is 23.6 Å². The molecular weight excluding hydrogens is 412 g/mol. The van der Waals surface area contributed by atoms with Crippen LogP contribution in [-0.2, 0) is 6.42 Å². The molecule has 0 bridgehead atoms. The molecular formula is C18H10F4N4S2. The molecule has 0 fully saturated rings. The topological polar surface area (TPSA) is 43.6 Å². The maximum atomic E-state index is 14.1. The maximum Gasteiger partial charge on any atom is 0.252 e. The van der Waals surface area contributed by atoms with Gasteiger partial charge in [0.25, 0.3) is 11.9 Å². The quantitative estimate of drug-likeness (QED) is 0.335. The van der Waals surface area contributed by atoms with Gasteiger partial charge in [-0.15, -0.1) is 21.5 Å². The Morgan fingerprint density at radius 2 is 1.61 bits per heavy atom. The zero-order valence-electron chi connectivity index (χ0n) is 13.9. The van der Waals surface area contributed by atoms with Gasteiger partial charge in [-0.25, -0.2) is 8.78 Å². The lowest BCUT2D eigenvalue weighted by Gasteiger charge is -2.10. The summed E-state index contributed by atoms with van der Waals surface area (Å²) in [5.74, 6) is -6.07. The van der Waals surface area contributed by atoms with Gasteiger partial charge in [0, 0.05) is 17.0 Å². The van der Waals surface area contributed by atoms with Crippen molar-refractivity contribution >= 4 is 23.1 Å². The number of pyridine rings is 1. The van der Waals surface area contributed by atoms with E-state index in [-0.39, 0.29) is 5.16 Å². The Morgan fingerprint density at radius 3 is 2.25 bits per heavy atom. The highest BCUT2D eigenvalue weighted by molar-refractivity contribution is 7.99. The molecule has 1 aromatic carbocycles. The summed E-state index contributed by atoms with van der Waals surface area (Å²) in [5.41, 5.74) is 0.650. The van der Waals surface area contributed by atoms with Crippen molar-refractivity contribution in [2.45, 2.75) is 16.5 Å². The molecule has 0 aliphatic heterocycles. The summed E-state index contributed by atoms with van der Waals surface area (Å²) in [4.78, 5) is 2.72. The molecule has 3 aromatic heterocycles. The van der Waals surface area contributed by atoms with Gasteiger partial charge in [0.2, 0.25) is 5.16 Å². The van der Waals surface area contributed by atoms with Crippen molar-refractivity contribution in [2.75, 3.05) is 0 Å². The highest BCUT2D eigenvalue weighted by atomic mass is 32.2. The predicted octanol–water partition coefficient (Wildman–Crippen LogP) is 5.02. The molecule has 4 aromatic rings. The van der Waals surface area contributed by atoms with Gasteiger partial charge >= 0.3 is 0 Å². The van der Waals surface area contributed by atoms with Crippen molar-refractivity contribution < 1.29 is 17.6 Å². The number of benzene rings is 1. The standard InChI is InChI=1S/C18H10F4N4S2/c19-13-15(14(20)17(22)23-16(13)21)28-18-25-24-12(9-11-7-4-8-27-11)26(18)10-5-2-1-3-6-10/h1-8H,9H2. The predicted molar refractivity (Wildman–Crippen MR) is 96.7 cm³/mol. The number of hydrogen-bond donors (Lipinski definition) is 0. The number of aromatic nitrogens is 4. The molecule has 0 saturated heterocycles. The zero-order valence-corrected chi connectivity index (χ0v) is 15.6. The molecule has 0 aliphatic rings. The van der Waals surface area contributed by atoms with Crippen LogP contribution in [0.1, 0.15) is 10.7 Å². The third-order valence-electron chi connectivity index (χ3n) is 3.78. The zero-order chi connectivity index (χ0) is 19.7. The van der Waals surface area contributed by atoms with Crippen LogP contribution in [0.3, 0.4) is 0 Å². The van der Waals surface area contributed by atoms with Gasteiger partial charge in [-0.2, -0.15) is 13.8 Å². The summed E-state index contributed by atoms with van der Waals surface area (Å²) in [6, 6.07) is 12.7. The Morgan fingerprint density at radius 1 is 0.893 bits per heavy atom. The summed E-state index contributed by atoms with van der Waals surface area (Å²) in [6.07, 6.45) is 0.435. The van der Waals surface area contributed by atoms with Crippen LogP contribution in [0, 0.1) is 23.5 Å². The Kier molecular flexibility index (Phi) is 5.14. The number of rotatable bonds is 5. The first-order chi connectivity index (χ1) is 13.5. The largest absolute Gasteiger partial charge is 0.273 e. The SMILES string of the molecule is Fc1nc(F)c(F)c(Sc2nnc(Cc3cccs3)n2-c2ccccc2)c1F. The minimum Gasteiger partial charge on any atom is -0.273 e. The normalized spacial score (nSPS) is 11.1. The van der Waals surface area contributed by atoms with Crippen molar-refractivity contribution in [1.29, 1.82) is 0 Å². The summed E-state index contributed by atoms with van der Waals surface area (Å²) >= 11 is 1.98. The number of nitrogens with zero attached hydrogens (tertiary/aromatic N) is 4.